The van der Waals surface area contributed by atoms with E-state index in [1.54, 1.807) is 0 Å². The van der Waals surface area contributed by atoms with Crippen LogP contribution in [0.25, 0.3) is 0 Å². The Labute approximate surface area is 115 Å². The summed E-state index contributed by atoms with van der Waals surface area (Å²) in [6.07, 6.45) is 4.79. The van der Waals surface area contributed by atoms with Crippen molar-refractivity contribution >= 4 is 11.8 Å². The Morgan fingerprint density at radius 3 is 2.68 bits per heavy atom. The van der Waals surface area contributed by atoms with Crippen molar-refractivity contribution in [3.8, 4) is 0 Å². The van der Waals surface area contributed by atoms with Gasteiger partial charge in [0.05, 0.1) is 0 Å². The summed E-state index contributed by atoms with van der Waals surface area (Å²) in [6.45, 7) is 7.49. The molecule has 4 heteroatoms. The Bertz CT molecular complexity index is 369. The highest BCUT2D eigenvalue weighted by Crippen LogP contribution is 2.31. The van der Waals surface area contributed by atoms with Crippen molar-refractivity contribution in [1.82, 2.24) is 10.2 Å². The number of rotatable bonds is 3. The molecule has 0 spiro atoms. The van der Waals surface area contributed by atoms with Crippen molar-refractivity contribution in [2.45, 2.75) is 58.4 Å². The predicted octanol–water partition coefficient (Wildman–Crippen LogP) is 1.94. The summed E-state index contributed by atoms with van der Waals surface area (Å²) in [6, 6.07) is 0. The molecule has 0 aromatic heterocycles. The summed E-state index contributed by atoms with van der Waals surface area (Å²) in [5.74, 6) is 1.50. The lowest BCUT2D eigenvalue weighted by atomic mass is 9.96. The SMILES string of the molecule is CCC1(C)NC(=O)CCN(CC2CCC(C)C2)C1=O. The maximum atomic E-state index is 12.6. The second-order valence-electron chi connectivity index (χ2n) is 6.52. The number of nitrogens with zero attached hydrogens (tertiary/aromatic N) is 1. The van der Waals surface area contributed by atoms with Crippen molar-refractivity contribution in [2.75, 3.05) is 13.1 Å². The van der Waals surface area contributed by atoms with Crippen LogP contribution in [-0.4, -0.2) is 35.3 Å². The molecule has 0 aromatic rings. The molecular formula is C15H26N2O2. The Kier molecular flexibility index (Phi) is 4.16. The summed E-state index contributed by atoms with van der Waals surface area (Å²) >= 11 is 0. The van der Waals surface area contributed by atoms with Crippen LogP contribution in [0.1, 0.15) is 52.9 Å². The van der Waals surface area contributed by atoms with E-state index >= 15 is 0 Å². The Morgan fingerprint density at radius 2 is 2.11 bits per heavy atom. The van der Waals surface area contributed by atoms with Crippen LogP contribution in [0.4, 0.5) is 0 Å². The number of carbonyl (C=O) groups excluding carboxylic acids is 2. The second-order valence-corrected chi connectivity index (χ2v) is 6.52. The Hall–Kier alpha value is -1.06. The Morgan fingerprint density at radius 1 is 1.37 bits per heavy atom. The molecule has 1 aliphatic heterocycles. The molecule has 3 unspecified atom stereocenters. The second kappa shape index (κ2) is 5.51. The molecule has 1 aliphatic carbocycles. The van der Waals surface area contributed by atoms with Gasteiger partial charge in [-0.1, -0.05) is 20.3 Å². The van der Waals surface area contributed by atoms with E-state index in [4.69, 9.17) is 0 Å². The van der Waals surface area contributed by atoms with Gasteiger partial charge in [0.2, 0.25) is 11.8 Å². The monoisotopic (exact) mass is 266 g/mol. The van der Waals surface area contributed by atoms with E-state index < -0.39 is 5.54 Å². The van der Waals surface area contributed by atoms with E-state index in [2.05, 4.69) is 12.2 Å². The summed E-state index contributed by atoms with van der Waals surface area (Å²) in [7, 11) is 0. The van der Waals surface area contributed by atoms with E-state index in [0.29, 0.717) is 25.3 Å². The molecule has 19 heavy (non-hydrogen) atoms. The molecule has 4 nitrogen and oxygen atoms in total. The van der Waals surface area contributed by atoms with Crippen molar-refractivity contribution in [3.05, 3.63) is 0 Å². The van der Waals surface area contributed by atoms with Crippen molar-refractivity contribution < 1.29 is 9.59 Å². The molecule has 1 saturated heterocycles. The summed E-state index contributed by atoms with van der Waals surface area (Å²) < 4.78 is 0. The average molecular weight is 266 g/mol. The molecule has 1 heterocycles. The van der Waals surface area contributed by atoms with Crippen LogP contribution in [0.5, 0.6) is 0 Å². The number of carbonyl (C=O) groups is 2. The first-order valence-electron chi connectivity index (χ1n) is 7.55. The third kappa shape index (κ3) is 3.10. The third-order valence-corrected chi connectivity index (χ3v) is 4.77. The normalized spacial score (nSPS) is 36.3. The topological polar surface area (TPSA) is 49.4 Å². The molecule has 2 aliphatic rings. The Balaban J connectivity index is 2.06. The first-order valence-corrected chi connectivity index (χ1v) is 7.55. The van der Waals surface area contributed by atoms with Crippen molar-refractivity contribution in [2.24, 2.45) is 11.8 Å². The van der Waals surface area contributed by atoms with Crippen LogP contribution in [-0.2, 0) is 9.59 Å². The van der Waals surface area contributed by atoms with E-state index in [-0.39, 0.29) is 11.8 Å². The molecule has 1 saturated carbocycles. The average Bonchev–Trinajstić information content (AvgIpc) is 2.74. The zero-order valence-corrected chi connectivity index (χ0v) is 12.4. The van der Waals surface area contributed by atoms with Crippen molar-refractivity contribution in [3.63, 3.8) is 0 Å². The number of amides is 2. The molecule has 1 N–H and O–H groups in total. The van der Waals surface area contributed by atoms with E-state index in [1.165, 1.54) is 19.3 Å². The maximum Gasteiger partial charge on any atom is 0.248 e. The first-order chi connectivity index (χ1) is 8.94. The fourth-order valence-corrected chi connectivity index (χ4v) is 3.33. The van der Waals surface area contributed by atoms with Gasteiger partial charge in [0.25, 0.3) is 0 Å². The third-order valence-electron chi connectivity index (χ3n) is 4.77. The van der Waals surface area contributed by atoms with Crippen LogP contribution >= 0.6 is 0 Å². The zero-order chi connectivity index (χ0) is 14.0. The van der Waals surface area contributed by atoms with Crippen LogP contribution < -0.4 is 5.32 Å². The van der Waals surface area contributed by atoms with E-state index in [9.17, 15) is 9.59 Å². The van der Waals surface area contributed by atoms with Gasteiger partial charge in [-0.05, 0) is 38.0 Å². The molecule has 2 amide bonds. The quantitative estimate of drug-likeness (QED) is 0.848. The minimum absolute atomic E-state index is 0.00000926. The van der Waals surface area contributed by atoms with Gasteiger partial charge >= 0.3 is 0 Å². The van der Waals surface area contributed by atoms with Crippen LogP contribution in [0, 0.1) is 11.8 Å². The van der Waals surface area contributed by atoms with Gasteiger partial charge in [0, 0.05) is 19.5 Å². The van der Waals surface area contributed by atoms with E-state index in [0.717, 1.165) is 12.5 Å². The molecule has 0 radical (unpaired) electrons. The van der Waals surface area contributed by atoms with Gasteiger partial charge in [-0.3, -0.25) is 9.59 Å². The van der Waals surface area contributed by atoms with Gasteiger partial charge < -0.3 is 10.2 Å². The molecule has 108 valence electrons. The minimum atomic E-state index is -0.711. The van der Waals surface area contributed by atoms with E-state index in [1.807, 2.05) is 18.7 Å². The van der Waals surface area contributed by atoms with Crippen molar-refractivity contribution in [1.29, 1.82) is 0 Å². The van der Waals surface area contributed by atoms with Crippen LogP contribution in [0.2, 0.25) is 0 Å². The summed E-state index contributed by atoms with van der Waals surface area (Å²) in [5, 5.41) is 2.89. The number of hydrogen-bond donors (Lipinski definition) is 1. The largest absolute Gasteiger partial charge is 0.342 e. The highest BCUT2D eigenvalue weighted by Gasteiger charge is 2.40. The summed E-state index contributed by atoms with van der Waals surface area (Å²) in [4.78, 5) is 26.3. The molecule has 0 bridgehead atoms. The molecule has 0 aromatic carbocycles. The standard InChI is InChI=1S/C15H26N2O2/c1-4-15(3)14(19)17(8-7-13(18)16-15)10-12-6-5-11(2)9-12/h11-12H,4-10H2,1-3H3,(H,16,18). The van der Waals surface area contributed by atoms with Gasteiger partial charge in [-0.25, -0.2) is 0 Å². The number of nitrogens with one attached hydrogen (secondary N) is 1. The molecule has 2 fully saturated rings. The fourth-order valence-electron chi connectivity index (χ4n) is 3.33. The van der Waals surface area contributed by atoms with Gasteiger partial charge in [-0.15, -0.1) is 0 Å². The van der Waals surface area contributed by atoms with Crippen LogP contribution in [0.3, 0.4) is 0 Å². The zero-order valence-electron chi connectivity index (χ0n) is 12.4. The van der Waals surface area contributed by atoms with Gasteiger partial charge in [0.15, 0.2) is 0 Å². The first kappa shape index (κ1) is 14.4. The molecule has 3 atom stereocenters. The molecular weight excluding hydrogens is 240 g/mol. The maximum absolute atomic E-state index is 12.6. The van der Waals surface area contributed by atoms with Gasteiger partial charge in [0.1, 0.15) is 5.54 Å². The molecule has 2 rings (SSSR count). The smallest absolute Gasteiger partial charge is 0.248 e. The summed E-state index contributed by atoms with van der Waals surface area (Å²) in [5.41, 5.74) is -0.711. The predicted molar refractivity (Wildman–Crippen MR) is 74.5 cm³/mol. The fraction of sp³-hybridized carbons (Fsp3) is 0.867. The lowest BCUT2D eigenvalue weighted by Gasteiger charge is -2.32. The lowest BCUT2D eigenvalue weighted by Crippen LogP contribution is -2.55. The number of hydrogen-bond acceptors (Lipinski definition) is 2. The lowest BCUT2D eigenvalue weighted by molar-refractivity contribution is -0.138. The highest BCUT2D eigenvalue weighted by molar-refractivity contribution is 5.93. The highest BCUT2D eigenvalue weighted by atomic mass is 16.2. The van der Waals surface area contributed by atoms with Gasteiger partial charge in [-0.2, -0.15) is 0 Å². The van der Waals surface area contributed by atoms with Crippen LogP contribution in [0.15, 0.2) is 0 Å². The minimum Gasteiger partial charge on any atom is -0.342 e.